The molecule has 1 aliphatic rings. The van der Waals surface area contributed by atoms with E-state index in [1.54, 1.807) is 7.11 Å². The summed E-state index contributed by atoms with van der Waals surface area (Å²) in [4.78, 5) is 0. The standard InChI is InChI=1S/C15H23NO2/c1-16-14(11-18-12-7-3-4-8-12)13-9-5-6-10-15(13)17-2/h5-6,9-10,12,14,16H,3-4,7-8,11H2,1-2H3. The van der Waals surface area contributed by atoms with Crippen LogP contribution in [0.5, 0.6) is 5.75 Å². The average molecular weight is 249 g/mol. The normalized spacial score (nSPS) is 17.9. The van der Waals surface area contributed by atoms with Crippen LogP contribution in [0.25, 0.3) is 0 Å². The molecular weight excluding hydrogens is 226 g/mol. The molecule has 0 aliphatic heterocycles. The summed E-state index contributed by atoms with van der Waals surface area (Å²) in [5, 5.41) is 3.31. The molecule has 0 radical (unpaired) electrons. The molecule has 0 amide bonds. The van der Waals surface area contributed by atoms with Crippen LogP contribution in [0.15, 0.2) is 24.3 Å². The highest BCUT2D eigenvalue weighted by atomic mass is 16.5. The number of ether oxygens (including phenoxy) is 2. The van der Waals surface area contributed by atoms with Crippen molar-refractivity contribution < 1.29 is 9.47 Å². The summed E-state index contributed by atoms with van der Waals surface area (Å²) in [6, 6.07) is 8.32. The summed E-state index contributed by atoms with van der Waals surface area (Å²) in [6.07, 6.45) is 5.49. The largest absolute Gasteiger partial charge is 0.496 e. The molecule has 1 fully saturated rings. The predicted molar refractivity (Wildman–Crippen MR) is 73.0 cm³/mol. The van der Waals surface area contributed by atoms with Gasteiger partial charge in [0.2, 0.25) is 0 Å². The first kappa shape index (κ1) is 13.4. The summed E-state index contributed by atoms with van der Waals surface area (Å²) in [5.74, 6) is 0.923. The molecule has 1 aliphatic carbocycles. The van der Waals surface area contributed by atoms with Gasteiger partial charge < -0.3 is 14.8 Å². The summed E-state index contributed by atoms with van der Waals surface area (Å²) >= 11 is 0. The lowest BCUT2D eigenvalue weighted by Crippen LogP contribution is -2.24. The maximum atomic E-state index is 5.99. The van der Waals surface area contributed by atoms with Gasteiger partial charge in [-0.2, -0.15) is 0 Å². The van der Waals surface area contributed by atoms with Crippen LogP contribution in [0.2, 0.25) is 0 Å². The van der Waals surface area contributed by atoms with Crippen molar-refractivity contribution in [2.45, 2.75) is 37.8 Å². The van der Waals surface area contributed by atoms with E-state index < -0.39 is 0 Å². The predicted octanol–water partition coefficient (Wildman–Crippen LogP) is 2.91. The highest BCUT2D eigenvalue weighted by molar-refractivity contribution is 5.35. The first-order valence-electron chi connectivity index (χ1n) is 6.77. The Morgan fingerprint density at radius 3 is 2.67 bits per heavy atom. The molecule has 1 atom stereocenters. The molecule has 1 aromatic rings. The van der Waals surface area contributed by atoms with E-state index in [1.807, 2.05) is 25.2 Å². The fourth-order valence-corrected chi connectivity index (χ4v) is 2.57. The molecule has 1 unspecified atom stereocenters. The van der Waals surface area contributed by atoms with E-state index in [9.17, 15) is 0 Å². The van der Waals surface area contributed by atoms with E-state index in [0.717, 1.165) is 5.75 Å². The second kappa shape index (κ2) is 6.76. The van der Waals surface area contributed by atoms with Crippen LogP contribution in [-0.2, 0) is 4.74 Å². The van der Waals surface area contributed by atoms with Crippen LogP contribution in [-0.4, -0.2) is 26.9 Å². The highest BCUT2D eigenvalue weighted by Gasteiger charge is 2.19. The van der Waals surface area contributed by atoms with Crippen molar-refractivity contribution in [1.82, 2.24) is 5.32 Å². The maximum absolute atomic E-state index is 5.99. The van der Waals surface area contributed by atoms with E-state index in [-0.39, 0.29) is 6.04 Å². The molecule has 0 aromatic heterocycles. The van der Waals surface area contributed by atoms with Crippen molar-refractivity contribution >= 4 is 0 Å². The monoisotopic (exact) mass is 249 g/mol. The highest BCUT2D eigenvalue weighted by Crippen LogP contribution is 2.27. The van der Waals surface area contributed by atoms with Crippen molar-refractivity contribution in [2.24, 2.45) is 0 Å². The Kier molecular flexibility index (Phi) is 5.02. The molecule has 0 bridgehead atoms. The molecule has 0 spiro atoms. The van der Waals surface area contributed by atoms with E-state index in [1.165, 1.54) is 31.2 Å². The van der Waals surface area contributed by atoms with Crippen molar-refractivity contribution in [3.8, 4) is 5.75 Å². The van der Waals surface area contributed by atoms with Gasteiger partial charge in [0.05, 0.1) is 25.9 Å². The maximum Gasteiger partial charge on any atom is 0.123 e. The van der Waals surface area contributed by atoms with Crippen molar-refractivity contribution in [3.63, 3.8) is 0 Å². The topological polar surface area (TPSA) is 30.5 Å². The number of nitrogens with one attached hydrogen (secondary N) is 1. The quantitative estimate of drug-likeness (QED) is 0.841. The van der Waals surface area contributed by atoms with Gasteiger partial charge in [-0.25, -0.2) is 0 Å². The molecule has 1 saturated carbocycles. The van der Waals surface area contributed by atoms with Crippen molar-refractivity contribution in [1.29, 1.82) is 0 Å². The number of likely N-dealkylation sites (N-methyl/N-ethyl adjacent to an activating group) is 1. The van der Waals surface area contributed by atoms with Gasteiger partial charge in [-0.1, -0.05) is 31.0 Å². The Morgan fingerprint density at radius 2 is 2.00 bits per heavy atom. The first-order chi connectivity index (χ1) is 8.85. The van der Waals surface area contributed by atoms with E-state index in [2.05, 4.69) is 11.4 Å². The molecule has 0 saturated heterocycles. The van der Waals surface area contributed by atoms with Gasteiger partial charge in [-0.15, -0.1) is 0 Å². The lowest BCUT2D eigenvalue weighted by atomic mass is 10.1. The van der Waals surface area contributed by atoms with Crippen LogP contribution >= 0.6 is 0 Å². The van der Waals surface area contributed by atoms with Crippen LogP contribution < -0.4 is 10.1 Å². The zero-order valence-electron chi connectivity index (χ0n) is 11.3. The van der Waals surface area contributed by atoms with Crippen molar-refractivity contribution in [2.75, 3.05) is 20.8 Å². The Morgan fingerprint density at radius 1 is 1.28 bits per heavy atom. The number of para-hydroxylation sites is 1. The molecule has 3 nitrogen and oxygen atoms in total. The number of hydrogen-bond acceptors (Lipinski definition) is 3. The summed E-state index contributed by atoms with van der Waals surface area (Å²) in [6.45, 7) is 0.710. The lowest BCUT2D eigenvalue weighted by molar-refractivity contribution is 0.0435. The van der Waals surface area contributed by atoms with Crippen LogP contribution in [0.4, 0.5) is 0 Å². The summed E-state index contributed by atoms with van der Waals surface area (Å²) in [5.41, 5.74) is 1.17. The van der Waals surface area contributed by atoms with E-state index in [4.69, 9.17) is 9.47 Å². The molecule has 1 aromatic carbocycles. The number of benzene rings is 1. The Labute approximate surface area is 109 Å². The molecular formula is C15H23NO2. The Balaban J connectivity index is 1.98. The summed E-state index contributed by atoms with van der Waals surface area (Å²) < 4.78 is 11.4. The molecule has 2 rings (SSSR count). The smallest absolute Gasteiger partial charge is 0.123 e. The van der Waals surface area contributed by atoms with Crippen LogP contribution in [0.1, 0.15) is 37.3 Å². The third-order valence-corrected chi connectivity index (χ3v) is 3.66. The van der Waals surface area contributed by atoms with Gasteiger partial charge in [-0.3, -0.25) is 0 Å². The van der Waals surface area contributed by atoms with Crippen LogP contribution in [0, 0.1) is 0 Å². The van der Waals surface area contributed by atoms with Gasteiger partial charge in [0.15, 0.2) is 0 Å². The number of rotatable bonds is 6. The third-order valence-electron chi connectivity index (χ3n) is 3.66. The minimum Gasteiger partial charge on any atom is -0.496 e. The van der Waals surface area contributed by atoms with Crippen LogP contribution in [0.3, 0.4) is 0 Å². The third kappa shape index (κ3) is 3.24. The minimum atomic E-state index is 0.196. The molecule has 18 heavy (non-hydrogen) atoms. The Hall–Kier alpha value is -1.06. The Bertz CT molecular complexity index is 361. The summed E-state index contributed by atoms with van der Waals surface area (Å²) in [7, 11) is 3.68. The number of methoxy groups -OCH3 is 1. The second-order valence-corrected chi connectivity index (χ2v) is 4.82. The zero-order valence-corrected chi connectivity index (χ0v) is 11.3. The lowest BCUT2D eigenvalue weighted by Gasteiger charge is -2.21. The van der Waals surface area contributed by atoms with E-state index in [0.29, 0.717) is 12.7 Å². The SMILES string of the molecule is CNC(COC1CCCC1)c1ccccc1OC. The molecule has 0 heterocycles. The van der Waals surface area contributed by atoms with Gasteiger partial charge in [-0.05, 0) is 26.0 Å². The van der Waals surface area contributed by atoms with Gasteiger partial charge in [0.1, 0.15) is 5.75 Å². The van der Waals surface area contributed by atoms with Gasteiger partial charge in [0.25, 0.3) is 0 Å². The number of hydrogen-bond donors (Lipinski definition) is 1. The van der Waals surface area contributed by atoms with Gasteiger partial charge in [0, 0.05) is 5.56 Å². The first-order valence-corrected chi connectivity index (χ1v) is 6.77. The minimum absolute atomic E-state index is 0.196. The van der Waals surface area contributed by atoms with E-state index >= 15 is 0 Å². The molecule has 100 valence electrons. The fraction of sp³-hybridized carbons (Fsp3) is 0.600. The van der Waals surface area contributed by atoms with Crippen molar-refractivity contribution in [3.05, 3.63) is 29.8 Å². The molecule has 3 heteroatoms. The second-order valence-electron chi connectivity index (χ2n) is 4.82. The molecule has 1 N–H and O–H groups in total. The van der Waals surface area contributed by atoms with Gasteiger partial charge >= 0.3 is 0 Å². The zero-order chi connectivity index (χ0) is 12.8. The average Bonchev–Trinajstić information content (AvgIpc) is 2.93. The fourth-order valence-electron chi connectivity index (χ4n) is 2.57.